The zero-order valence-electron chi connectivity index (χ0n) is 11.7. The predicted molar refractivity (Wildman–Crippen MR) is 69.2 cm³/mol. The molecule has 0 aliphatic carbocycles. The van der Waals surface area contributed by atoms with Gasteiger partial charge in [0.25, 0.3) is 0 Å². The van der Waals surface area contributed by atoms with E-state index in [0.29, 0.717) is 18.9 Å². The van der Waals surface area contributed by atoms with Gasteiger partial charge in [0.1, 0.15) is 5.54 Å². The van der Waals surface area contributed by atoms with Gasteiger partial charge in [-0.15, -0.1) is 0 Å². The summed E-state index contributed by atoms with van der Waals surface area (Å²) in [5.41, 5.74) is -0.816. The van der Waals surface area contributed by atoms with E-state index in [-0.39, 0.29) is 6.10 Å². The minimum absolute atomic E-state index is 0.269. The number of likely N-dealkylation sites (N-methyl/N-ethyl adjacent to an activating group) is 1. The van der Waals surface area contributed by atoms with Gasteiger partial charge in [-0.3, -0.25) is 4.79 Å². The van der Waals surface area contributed by atoms with Crippen molar-refractivity contribution in [1.29, 1.82) is 0 Å². The molecule has 0 rings (SSSR count). The Morgan fingerprint density at radius 3 is 2.35 bits per heavy atom. The van der Waals surface area contributed by atoms with Gasteiger partial charge in [-0.05, 0) is 46.1 Å². The van der Waals surface area contributed by atoms with Crippen molar-refractivity contribution in [2.45, 2.75) is 58.6 Å². The number of carboxylic acid groups (broad SMARTS) is 1. The van der Waals surface area contributed by atoms with Gasteiger partial charge in [0.2, 0.25) is 0 Å². The third-order valence-electron chi connectivity index (χ3n) is 3.41. The zero-order valence-corrected chi connectivity index (χ0v) is 11.7. The molecule has 0 fully saturated rings. The van der Waals surface area contributed by atoms with Crippen molar-refractivity contribution < 1.29 is 14.6 Å². The fourth-order valence-electron chi connectivity index (χ4n) is 1.38. The summed E-state index contributed by atoms with van der Waals surface area (Å²) in [5.74, 6) is -0.270. The number of carboxylic acids is 1. The smallest absolute Gasteiger partial charge is 0.323 e. The predicted octanol–water partition coefficient (Wildman–Crippen LogP) is 2.28. The number of aliphatic carboxylic acids is 1. The van der Waals surface area contributed by atoms with Crippen molar-refractivity contribution in [3.05, 3.63) is 0 Å². The Balaban J connectivity index is 3.74. The lowest BCUT2D eigenvalue weighted by molar-refractivity contribution is -0.144. The first-order valence-electron chi connectivity index (χ1n) is 6.37. The topological polar surface area (TPSA) is 58.6 Å². The zero-order chi connectivity index (χ0) is 13.5. The highest BCUT2D eigenvalue weighted by atomic mass is 16.5. The van der Waals surface area contributed by atoms with Crippen molar-refractivity contribution >= 4 is 5.97 Å². The number of nitrogens with one attached hydrogen (secondary N) is 1. The van der Waals surface area contributed by atoms with Crippen LogP contribution in [0.3, 0.4) is 0 Å². The molecule has 0 aromatic rings. The first-order valence-corrected chi connectivity index (χ1v) is 6.37. The molecule has 0 saturated heterocycles. The van der Waals surface area contributed by atoms with Crippen molar-refractivity contribution in [1.82, 2.24) is 5.32 Å². The van der Waals surface area contributed by atoms with Crippen molar-refractivity contribution in [3.8, 4) is 0 Å². The molecular formula is C13H27NO3. The highest BCUT2D eigenvalue weighted by molar-refractivity contribution is 5.78. The summed E-state index contributed by atoms with van der Waals surface area (Å²) in [6.45, 7) is 8.76. The van der Waals surface area contributed by atoms with E-state index < -0.39 is 11.5 Å². The number of ether oxygens (including phenoxy) is 1. The number of carbonyl (C=O) groups is 1. The molecule has 0 spiro atoms. The maximum Gasteiger partial charge on any atom is 0.323 e. The molecule has 4 heteroatoms. The summed E-state index contributed by atoms with van der Waals surface area (Å²) < 4.78 is 5.64. The van der Waals surface area contributed by atoms with E-state index in [2.05, 4.69) is 26.1 Å². The van der Waals surface area contributed by atoms with Crippen molar-refractivity contribution in [3.63, 3.8) is 0 Å². The molecule has 0 heterocycles. The molecule has 0 aromatic carbocycles. The summed E-state index contributed by atoms with van der Waals surface area (Å²) in [4.78, 5) is 11.0. The van der Waals surface area contributed by atoms with E-state index >= 15 is 0 Å². The van der Waals surface area contributed by atoms with Crippen LogP contribution in [0.2, 0.25) is 0 Å². The SMILES string of the molecule is CNC(C)(CCCCOC(C)C(C)C)C(=O)O. The van der Waals surface area contributed by atoms with Gasteiger partial charge in [0.15, 0.2) is 0 Å². The van der Waals surface area contributed by atoms with Crippen LogP contribution in [0.25, 0.3) is 0 Å². The van der Waals surface area contributed by atoms with Gasteiger partial charge < -0.3 is 15.2 Å². The number of hydrogen-bond donors (Lipinski definition) is 2. The largest absolute Gasteiger partial charge is 0.480 e. The number of rotatable bonds is 9. The molecule has 0 aromatic heterocycles. The standard InChI is InChI=1S/C13H27NO3/c1-10(2)11(3)17-9-7-6-8-13(4,14-5)12(15)16/h10-11,14H,6-9H2,1-5H3,(H,15,16). The van der Waals surface area contributed by atoms with E-state index in [1.165, 1.54) is 0 Å². The highest BCUT2D eigenvalue weighted by Crippen LogP contribution is 2.14. The Morgan fingerprint density at radius 2 is 1.94 bits per heavy atom. The lowest BCUT2D eigenvalue weighted by atomic mass is 9.95. The maximum atomic E-state index is 11.0. The fourth-order valence-corrected chi connectivity index (χ4v) is 1.38. The van der Waals surface area contributed by atoms with Gasteiger partial charge >= 0.3 is 5.97 Å². The van der Waals surface area contributed by atoms with Crippen LogP contribution in [0.15, 0.2) is 0 Å². The molecule has 17 heavy (non-hydrogen) atoms. The van der Waals surface area contributed by atoms with Crippen molar-refractivity contribution in [2.75, 3.05) is 13.7 Å². The molecule has 0 saturated carbocycles. The molecule has 4 nitrogen and oxygen atoms in total. The second-order valence-corrected chi connectivity index (χ2v) is 5.16. The molecule has 0 bridgehead atoms. The molecule has 0 amide bonds. The van der Waals surface area contributed by atoms with Crippen LogP contribution in [0.5, 0.6) is 0 Å². The lowest BCUT2D eigenvalue weighted by Crippen LogP contribution is -2.47. The Hall–Kier alpha value is -0.610. The van der Waals surface area contributed by atoms with Crippen molar-refractivity contribution in [2.24, 2.45) is 5.92 Å². The minimum Gasteiger partial charge on any atom is -0.480 e. The van der Waals surface area contributed by atoms with E-state index in [9.17, 15) is 4.79 Å². The Morgan fingerprint density at radius 1 is 1.35 bits per heavy atom. The van der Waals surface area contributed by atoms with Crippen LogP contribution < -0.4 is 5.32 Å². The average molecular weight is 245 g/mol. The van der Waals surface area contributed by atoms with E-state index in [1.54, 1.807) is 14.0 Å². The monoisotopic (exact) mass is 245 g/mol. The third kappa shape index (κ3) is 6.03. The summed E-state index contributed by atoms with van der Waals surface area (Å²) in [5, 5.41) is 11.9. The van der Waals surface area contributed by atoms with Crippen LogP contribution in [-0.2, 0) is 9.53 Å². The molecule has 102 valence electrons. The quantitative estimate of drug-likeness (QED) is 0.612. The Bertz CT molecular complexity index is 231. The normalized spacial score (nSPS) is 16.8. The number of unbranched alkanes of at least 4 members (excludes halogenated alkanes) is 1. The fraction of sp³-hybridized carbons (Fsp3) is 0.923. The summed E-state index contributed by atoms with van der Waals surface area (Å²) in [6.07, 6.45) is 2.65. The number of hydrogen-bond acceptors (Lipinski definition) is 3. The first kappa shape index (κ1) is 16.4. The molecule has 2 unspecified atom stereocenters. The summed E-state index contributed by atoms with van der Waals surface area (Å²) in [6, 6.07) is 0. The summed E-state index contributed by atoms with van der Waals surface area (Å²) >= 11 is 0. The van der Waals surface area contributed by atoms with Gasteiger partial charge in [0, 0.05) is 6.61 Å². The Labute approximate surface area is 105 Å². The molecule has 0 aliphatic heterocycles. The van der Waals surface area contributed by atoms with E-state index in [4.69, 9.17) is 9.84 Å². The third-order valence-corrected chi connectivity index (χ3v) is 3.41. The van der Waals surface area contributed by atoms with Gasteiger partial charge in [0.05, 0.1) is 6.10 Å². The van der Waals surface area contributed by atoms with Crippen LogP contribution in [0.4, 0.5) is 0 Å². The van der Waals surface area contributed by atoms with Gasteiger partial charge in [-0.25, -0.2) is 0 Å². The van der Waals surface area contributed by atoms with Gasteiger partial charge in [-0.2, -0.15) is 0 Å². The molecule has 2 atom stereocenters. The molecule has 0 radical (unpaired) electrons. The highest BCUT2D eigenvalue weighted by Gasteiger charge is 2.30. The van der Waals surface area contributed by atoms with Gasteiger partial charge in [-0.1, -0.05) is 13.8 Å². The van der Waals surface area contributed by atoms with Crippen LogP contribution in [-0.4, -0.2) is 36.4 Å². The first-order chi connectivity index (χ1) is 7.83. The second kappa shape index (κ2) is 7.67. The summed E-state index contributed by atoms with van der Waals surface area (Å²) in [7, 11) is 1.69. The molecule has 0 aliphatic rings. The minimum atomic E-state index is -0.816. The van der Waals surface area contributed by atoms with Crippen LogP contribution in [0.1, 0.15) is 47.0 Å². The van der Waals surface area contributed by atoms with E-state index in [0.717, 1.165) is 12.8 Å². The molecular weight excluding hydrogens is 218 g/mol. The second-order valence-electron chi connectivity index (χ2n) is 5.16. The van der Waals surface area contributed by atoms with Crippen LogP contribution in [0, 0.1) is 5.92 Å². The van der Waals surface area contributed by atoms with E-state index in [1.807, 2.05) is 0 Å². The Kier molecular flexibility index (Phi) is 7.39. The maximum absolute atomic E-state index is 11.0. The average Bonchev–Trinajstić information content (AvgIpc) is 2.27. The van der Waals surface area contributed by atoms with Crippen LogP contribution >= 0.6 is 0 Å². The lowest BCUT2D eigenvalue weighted by Gasteiger charge is -2.24. The molecule has 2 N–H and O–H groups in total.